The number of unbranched alkanes of at least 4 members (excludes halogenated alkanes) is 2. The summed E-state index contributed by atoms with van der Waals surface area (Å²) in [5.74, 6) is 1.56. The first kappa shape index (κ1) is 17.3. The van der Waals surface area contributed by atoms with Gasteiger partial charge in [0.1, 0.15) is 5.75 Å². The fraction of sp³-hybridized carbons (Fsp3) is 0.700. The Balaban J connectivity index is 1.57. The van der Waals surface area contributed by atoms with Crippen molar-refractivity contribution < 1.29 is 9.47 Å². The van der Waals surface area contributed by atoms with Crippen LogP contribution in [0.5, 0.6) is 5.75 Å². The highest BCUT2D eigenvalue weighted by Crippen LogP contribution is 2.31. The first-order chi connectivity index (χ1) is 10.5. The Bertz CT molecular complexity index is 451. The van der Waals surface area contributed by atoms with Crippen molar-refractivity contribution in [2.24, 2.45) is 0 Å². The molecule has 1 aliphatic heterocycles. The van der Waals surface area contributed by atoms with Gasteiger partial charge in [-0.3, -0.25) is 0 Å². The first-order valence-corrected chi connectivity index (χ1v) is 8.87. The number of benzene rings is 1. The molecule has 0 radical (unpaired) electrons. The van der Waals surface area contributed by atoms with Gasteiger partial charge in [-0.25, -0.2) is 0 Å². The lowest BCUT2D eigenvalue weighted by Crippen LogP contribution is -2.19. The summed E-state index contributed by atoms with van der Waals surface area (Å²) in [5, 5.41) is 0. The van der Waals surface area contributed by atoms with Crippen molar-refractivity contribution in [2.45, 2.75) is 83.8 Å². The second kappa shape index (κ2) is 8.01. The predicted molar refractivity (Wildman–Crippen MR) is 92.7 cm³/mol. The quantitative estimate of drug-likeness (QED) is 0.573. The first-order valence-electron chi connectivity index (χ1n) is 8.87. The number of rotatable bonds is 8. The lowest BCUT2D eigenvalue weighted by Gasteiger charge is -2.19. The van der Waals surface area contributed by atoms with Gasteiger partial charge in [0.2, 0.25) is 0 Å². The molecule has 1 unspecified atom stereocenters. The maximum atomic E-state index is 6.03. The summed E-state index contributed by atoms with van der Waals surface area (Å²) in [6.45, 7) is 9.65. The topological polar surface area (TPSA) is 18.5 Å². The van der Waals surface area contributed by atoms with Crippen LogP contribution in [0.1, 0.15) is 77.7 Å². The van der Waals surface area contributed by atoms with Crippen LogP contribution in [0.4, 0.5) is 0 Å². The van der Waals surface area contributed by atoms with Gasteiger partial charge >= 0.3 is 0 Å². The van der Waals surface area contributed by atoms with Crippen molar-refractivity contribution >= 4 is 0 Å². The molecule has 0 N–H and O–H groups in total. The molecule has 124 valence electrons. The molecular weight excluding hydrogens is 272 g/mol. The van der Waals surface area contributed by atoms with E-state index in [9.17, 15) is 0 Å². The number of ether oxygens (including phenoxy) is 2. The highest BCUT2D eigenvalue weighted by atomic mass is 16.5. The van der Waals surface area contributed by atoms with Gasteiger partial charge in [0, 0.05) is 0 Å². The maximum absolute atomic E-state index is 6.03. The van der Waals surface area contributed by atoms with E-state index >= 15 is 0 Å². The Hall–Kier alpha value is -1.02. The van der Waals surface area contributed by atoms with Crippen LogP contribution < -0.4 is 4.74 Å². The molecule has 2 heteroatoms. The average Bonchev–Trinajstić information content (AvgIpc) is 2.82. The number of hydrogen-bond acceptors (Lipinski definition) is 2. The Morgan fingerprint density at radius 3 is 2.73 bits per heavy atom. The zero-order valence-electron chi connectivity index (χ0n) is 14.7. The van der Waals surface area contributed by atoms with Crippen molar-refractivity contribution in [2.75, 3.05) is 6.61 Å². The van der Waals surface area contributed by atoms with Crippen LogP contribution in [-0.4, -0.2) is 18.3 Å². The second-order valence-corrected chi connectivity index (χ2v) is 7.46. The van der Waals surface area contributed by atoms with Crippen LogP contribution in [0.2, 0.25) is 0 Å². The highest BCUT2D eigenvalue weighted by molar-refractivity contribution is 5.30. The fourth-order valence-electron chi connectivity index (χ4n) is 3.09. The second-order valence-electron chi connectivity index (χ2n) is 7.46. The molecule has 0 saturated carbocycles. The van der Waals surface area contributed by atoms with E-state index < -0.39 is 0 Å². The molecule has 0 aliphatic carbocycles. The molecule has 2 nitrogen and oxygen atoms in total. The van der Waals surface area contributed by atoms with Crippen molar-refractivity contribution in [3.05, 3.63) is 29.8 Å². The largest absolute Gasteiger partial charge is 0.494 e. The summed E-state index contributed by atoms with van der Waals surface area (Å²) in [6.07, 6.45) is 7.71. The minimum Gasteiger partial charge on any atom is -0.494 e. The van der Waals surface area contributed by atoms with E-state index in [0.29, 0.717) is 12.0 Å². The smallest absolute Gasteiger partial charge is 0.119 e. The zero-order valence-corrected chi connectivity index (χ0v) is 14.7. The Kier molecular flexibility index (Phi) is 6.31. The van der Waals surface area contributed by atoms with Gasteiger partial charge in [-0.15, -0.1) is 0 Å². The van der Waals surface area contributed by atoms with Gasteiger partial charge in [-0.05, 0) is 69.6 Å². The molecule has 1 aliphatic rings. The molecular formula is C20H32O2. The van der Waals surface area contributed by atoms with Gasteiger partial charge in [-0.1, -0.05) is 32.4 Å². The van der Waals surface area contributed by atoms with E-state index in [1.807, 2.05) is 0 Å². The third-order valence-electron chi connectivity index (χ3n) is 4.52. The molecule has 1 saturated heterocycles. The van der Waals surface area contributed by atoms with E-state index in [-0.39, 0.29) is 5.60 Å². The monoisotopic (exact) mass is 304 g/mol. The van der Waals surface area contributed by atoms with Crippen molar-refractivity contribution in [1.29, 1.82) is 0 Å². The van der Waals surface area contributed by atoms with Crippen LogP contribution in [0.25, 0.3) is 0 Å². The normalized spacial score (nSPS) is 20.5. The van der Waals surface area contributed by atoms with E-state index in [4.69, 9.17) is 9.47 Å². The van der Waals surface area contributed by atoms with Crippen molar-refractivity contribution in [1.82, 2.24) is 0 Å². The number of hydrogen-bond donors (Lipinski definition) is 0. The summed E-state index contributed by atoms with van der Waals surface area (Å²) in [4.78, 5) is 0. The third kappa shape index (κ3) is 5.64. The molecule has 0 spiro atoms. The molecule has 2 rings (SSSR count). The molecule has 1 heterocycles. The lowest BCUT2D eigenvalue weighted by molar-refractivity contribution is -0.0191. The van der Waals surface area contributed by atoms with Gasteiger partial charge in [-0.2, -0.15) is 0 Å². The molecule has 0 bridgehead atoms. The average molecular weight is 304 g/mol. The van der Waals surface area contributed by atoms with Crippen molar-refractivity contribution in [3.63, 3.8) is 0 Å². The Labute approximate surface area is 136 Å². The lowest BCUT2D eigenvalue weighted by atomic mass is 10.0. The highest BCUT2D eigenvalue weighted by Gasteiger charge is 2.30. The van der Waals surface area contributed by atoms with Gasteiger partial charge in [0.15, 0.2) is 0 Å². The van der Waals surface area contributed by atoms with Crippen molar-refractivity contribution in [3.8, 4) is 5.75 Å². The van der Waals surface area contributed by atoms with Crippen LogP contribution in [-0.2, 0) is 4.74 Å². The maximum Gasteiger partial charge on any atom is 0.119 e. The fourth-order valence-corrected chi connectivity index (χ4v) is 3.09. The van der Waals surface area contributed by atoms with Crippen LogP contribution in [0.3, 0.4) is 0 Å². The van der Waals surface area contributed by atoms with E-state index in [0.717, 1.165) is 18.8 Å². The SMILES string of the molecule is CC(C)c1cccc(OCCCCCC2CCC(C)(C)O2)c1. The molecule has 1 aromatic carbocycles. The van der Waals surface area contributed by atoms with Gasteiger partial charge in [0.05, 0.1) is 18.3 Å². The molecule has 1 aromatic rings. The molecule has 0 amide bonds. The molecule has 22 heavy (non-hydrogen) atoms. The summed E-state index contributed by atoms with van der Waals surface area (Å²) in [5.41, 5.74) is 1.45. The van der Waals surface area contributed by atoms with Gasteiger partial charge < -0.3 is 9.47 Å². The minimum atomic E-state index is 0.106. The van der Waals surface area contributed by atoms with Crippen LogP contribution >= 0.6 is 0 Å². The summed E-state index contributed by atoms with van der Waals surface area (Å²) in [7, 11) is 0. The standard InChI is InChI=1S/C20H32O2/c1-16(2)17-9-8-11-19(15-17)21-14-7-5-6-10-18-12-13-20(3,4)22-18/h8-9,11,15-16,18H,5-7,10,12-14H2,1-4H3. The van der Waals surface area contributed by atoms with E-state index in [1.54, 1.807) is 0 Å². The van der Waals surface area contributed by atoms with Crippen LogP contribution in [0.15, 0.2) is 24.3 Å². The minimum absolute atomic E-state index is 0.106. The molecule has 1 fully saturated rings. The third-order valence-corrected chi connectivity index (χ3v) is 4.52. The van der Waals surface area contributed by atoms with Crippen LogP contribution in [0, 0.1) is 0 Å². The molecule has 1 atom stereocenters. The van der Waals surface area contributed by atoms with E-state index in [2.05, 4.69) is 52.0 Å². The summed E-state index contributed by atoms with van der Waals surface area (Å²) in [6, 6.07) is 8.48. The summed E-state index contributed by atoms with van der Waals surface area (Å²) >= 11 is 0. The predicted octanol–water partition coefficient (Wildman–Crippen LogP) is 5.71. The molecule has 0 aromatic heterocycles. The van der Waals surface area contributed by atoms with E-state index in [1.165, 1.54) is 37.7 Å². The Morgan fingerprint density at radius 1 is 1.23 bits per heavy atom. The zero-order chi connectivity index (χ0) is 16.0. The summed E-state index contributed by atoms with van der Waals surface area (Å²) < 4.78 is 11.9. The van der Waals surface area contributed by atoms with Gasteiger partial charge in [0.25, 0.3) is 0 Å². The Morgan fingerprint density at radius 2 is 2.05 bits per heavy atom.